The van der Waals surface area contributed by atoms with E-state index in [2.05, 4.69) is 0 Å². The molecule has 6 heteroatoms. The van der Waals surface area contributed by atoms with Crippen LogP contribution in [0, 0.1) is 0 Å². The summed E-state index contributed by atoms with van der Waals surface area (Å²) in [5, 5.41) is 11.4. The maximum atomic E-state index is 11.4. The van der Waals surface area contributed by atoms with E-state index in [-0.39, 0.29) is 0 Å². The van der Waals surface area contributed by atoms with Gasteiger partial charge in [0.1, 0.15) is 17.3 Å². The van der Waals surface area contributed by atoms with Crippen molar-refractivity contribution in [3.05, 3.63) is 0 Å². The molecule has 0 aromatic rings. The van der Waals surface area contributed by atoms with E-state index in [0.717, 1.165) is 0 Å². The summed E-state index contributed by atoms with van der Waals surface area (Å²) in [6.45, 7) is 14.9. The molecule has 128 valence electrons. The predicted octanol–water partition coefficient (Wildman–Crippen LogP) is 1.94. The smallest absolute Gasteiger partial charge is 0.201 e. The Bertz CT molecular complexity index is 501. The molecule has 0 aromatic carbocycles. The van der Waals surface area contributed by atoms with E-state index in [1.807, 2.05) is 48.5 Å². The Balaban J connectivity index is 2.01. The summed E-state index contributed by atoms with van der Waals surface area (Å²) in [5.74, 6) is -2.61. The summed E-state index contributed by atoms with van der Waals surface area (Å²) in [5.41, 5.74) is -3.40. The standard InChI is InChI=1S/C16H28O6/c1-11(2)18-9-10(19-11)13(5)14(6,17)15(7)16(8,22-13)21-12(3,4)20-15/h10,17H,9H2,1-8H3/t10?,13?,14?,15-,16?/m1/s1. The fraction of sp³-hybridized carbons (Fsp3) is 1.00. The minimum absolute atomic E-state index is 0.342. The van der Waals surface area contributed by atoms with Crippen LogP contribution in [0.2, 0.25) is 0 Å². The Kier molecular flexibility index (Phi) is 3.06. The molecule has 6 nitrogen and oxygen atoms in total. The lowest BCUT2D eigenvalue weighted by molar-refractivity contribution is -0.305. The highest BCUT2D eigenvalue weighted by molar-refractivity contribution is 5.24. The Morgan fingerprint density at radius 2 is 1.41 bits per heavy atom. The molecule has 0 spiro atoms. The second-order valence-corrected chi connectivity index (χ2v) is 8.18. The molecule has 3 rings (SSSR count). The second kappa shape index (κ2) is 4.05. The summed E-state index contributed by atoms with van der Waals surface area (Å²) in [7, 11) is 0. The van der Waals surface area contributed by atoms with Crippen LogP contribution in [0.3, 0.4) is 0 Å². The predicted molar refractivity (Wildman–Crippen MR) is 78.1 cm³/mol. The summed E-state index contributed by atoms with van der Waals surface area (Å²) in [4.78, 5) is 0. The number of hydrogen-bond donors (Lipinski definition) is 1. The van der Waals surface area contributed by atoms with Gasteiger partial charge < -0.3 is 28.8 Å². The minimum atomic E-state index is -1.34. The fourth-order valence-electron chi connectivity index (χ4n) is 4.15. The van der Waals surface area contributed by atoms with Crippen LogP contribution < -0.4 is 0 Å². The highest BCUT2D eigenvalue weighted by Gasteiger charge is 2.81. The SMILES string of the molecule is CC1(C)OCC(C2(C)OC3(C)OC(C)(C)O[C@]3(C)C2(C)O)O1. The Morgan fingerprint density at radius 3 is 1.86 bits per heavy atom. The molecular weight excluding hydrogens is 288 g/mol. The molecule has 0 amide bonds. The van der Waals surface area contributed by atoms with Gasteiger partial charge in [0.25, 0.3) is 0 Å². The molecule has 3 aliphatic heterocycles. The molecule has 3 heterocycles. The van der Waals surface area contributed by atoms with Crippen LogP contribution in [0.15, 0.2) is 0 Å². The van der Waals surface area contributed by atoms with E-state index >= 15 is 0 Å². The first kappa shape index (κ1) is 16.6. The molecule has 22 heavy (non-hydrogen) atoms. The van der Waals surface area contributed by atoms with Crippen LogP contribution in [-0.2, 0) is 23.7 Å². The minimum Gasteiger partial charge on any atom is -0.384 e. The maximum Gasteiger partial charge on any atom is 0.201 e. The van der Waals surface area contributed by atoms with Crippen molar-refractivity contribution < 1.29 is 28.8 Å². The number of hydrogen-bond acceptors (Lipinski definition) is 6. The quantitative estimate of drug-likeness (QED) is 0.797. The molecule has 3 fully saturated rings. The average Bonchev–Trinajstić information content (AvgIpc) is 2.77. The van der Waals surface area contributed by atoms with Crippen molar-refractivity contribution in [3.8, 4) is 0 Å². The third kappa shape index (κ3) is 1.82. The van der Waals surface area contributed by atoms with Gasteiger partial charge in [-0.05, 0) is 55.4 Å². The van der Waals surface area contributed by atoms with Gasteiger partial charge >= 0.3 is 0 Å². The van der Waals surface area contributed by atoms with Crippen molar-refractivity contribution in [2.75, 3.05) is 6.61 Å². The van der Waals surface area contributed by atoms with Crippen LogP contribution in [0.1, 0.15) is 55.4 Å². The van der Waals surface area contributed by atoms with E-state index < -0.39 is 40.3 Å². The molecule has 0 aliphatic carbocycles. The van der Waals surface area contributed by atoms with Gasteiger partial charge in [-0.15, -0.1) is 0 Å². The highest BCUT2D eigenvalue weighted by atomic mass is 16.9. The van der Waals surface area contributed by atoms with Gasteiger partial charge in [-0.3, -0.25) is 0 Å². The topological polar surface area (TPSA) is 66.4 Å². The molecule has 0 bridgehead atoms. The van der Waals surface area contributed by atoms with Gasteiger partial charge in [0.2, 0.25) is 5.79 Å². The molecule has 1 N–H and O–H groups in total. The first-order valence-corrected chi connectivity index (χ1v) is 7.83. The van der Waals surface area contributed by atoms with Gasteiger partial charge in [-0.25, -0.2) is 0 Å². The van der Waals surface area contributed by atoms with Gasteiger partial charge in [0.05, 0.1) is 6.61 Å². The van der Waals surface area contributed by atoms with E-state index in [9.17, 15) is 5.11 Å². The van der Waals surface area contributed by atoms with Crippen LogP contribution in [0.4, 0.5) is 0 Å². The molecule has 5 atom stereocenters. The normalized spacial score (nSPS) is 56.3. The number of rotatable bonds is 1. The maximum absolute atomic E-state index is 11.4. The lowest BCUT2D eigenvalue weighted by atomic mass is 9.71. The van der Waals surface area contributed by atoms with Crippen LogP contribution in [0.5, 0.6) is 0 Å². The number of fused-ring (bicyclic) bond motifs is 1. The van der Waals surface area contributed by atoms with Crippen molar-refractivity contribution in [1.82, 2.24) is 0 Å². The zero-order chi connectivity index (χ0) is 16.8. The van der Waals surface area contributed by atoms with Crippen molar-refractivity contribution in [1.29, 1.82) is 0 Å². The molecule has 0 radical (unpaired) electrons. The first-order valence-electron chi connectivity index (χ1n) is 7.83. The van der Waals surface area contributed by atoms with Crippen molar-refractivity contribution >= 4 is 0 Å². The van der Waals surface area contributed by atoms with Crippen LogP contribution >= 0.6 is 0 Å². The summed E-state index contributed by atoms with van der Waals surface area (Å²) < 4.78 is 30.0. The van der Waals surface area contributed by atoms with Gasteiger partial charge in [-0.1, -0.05) is 0 Å². The molecule has 3 saturated heterocycles. The largest absolute Gasteiger partial charge is 0.384 e. The third-order valence-electron chi connectivity index (χ3n) is 5.68. The summed E-state index contributed by atoms with van der Waals surface area (Å²) in [6.07, 6.45) is -0.424. The lowest BCUT2D eigenvalue weighted by Gasteiger charge is -2.44. The van der Waals surface area contributed by atoms with Gasteiger partial charge in [0, 0.05) is 0 Å². The first-order chi connectivity index (χ1) is 9.68. The zero-order valence-corrected chi connectivity index (χ0v) is 14.8. The number of aliphatic hydroxyl groups is 1. The van der Waals surface area contributed by atoms with Crippen molar-refractivity contribution in [2.45, 2.75) is 95.7 Å². The number of ether oxygens (including phenoxy) is 5. The van der Waals surface area contributed by atoms with E-state index in [0.29, 0.717) is 6.61 Å². The fourth-order valence-corrected chi connectivity index (χ4v) is 4.15. The molecular formula is C16H28O6. The Morgan fingerprint density at radius 1 is 0.818 bits per heavy atom. The molecule has 0 saturated carbocycles. The zero-order valence-electron chi connectivity index (χ0n) is 14.8. The van der Waals surface area contributed by atoms with Crippen molar-refractivity contribution in [2.24, 2.45) is 0 Å². The molecule has 0 aromatic heterocycles. The third-order valence-corrected chi connectivity index (χ3v) is 5.68. The van der Waals surface area contributed by atoms with Crippen LogP contribution in [0.25, 0.3) is 0 Å². The van der Waals surface area contributed by atoms with Crippen molar-refractivity contribution in [3.63, 3.8) is 0 Å². The van der Waals surface area contributed by atoms with E-state index in [4.69, 9.17) is 23.7 Å². The van der Waals surface area contributed by atoms with Gasteiger partial charge in [0.15, 0.2) is 17.2 Å². The van der Waals surface area contributed by atoms with E-state index in [1.165, 1.54) is 0 Å². The lowest BCUT2D eigenvalue weighted by Crippen LogP contribution is -2.65. The highest BCUT2D eigenvalue weighted by Crippen LogP contribution is 2.62. The average molecular weight is 316 g/mol. The molecule has 4 unspecified atom stereocenters. The summed E-state index contributed by atoms with van der Waals surface area (Å²) >= 11 is 0. The van der Waals surface area contributed by atoms with E-state index in [1.54, 1.807) is 6.92 Å². The second-order valence-electron chi connectivity index (χ2n) is 8.18. The van der Waals surface area contributed by atoms with Crippen LogP contribution in [-0.4, -0.2) is 52.0 Å². The Labute approximate surface area is 132 Å². The molecule has 3 aliphatic rings. The monoisotopic (exact) mass is 316 g/mol. The summed E-state index contributed by atoms with van der Waals surface area (Å²) in [6, 6.07) is 0. The van der Waals surface area contributed by atoms with Gasteiger partial charge in [-0.2, -0.15) is 0 Å². The Hall–Kier alpha value is -0.240.